The molecule has 0 spiro atoms. The van der Waals surface area contributed by atoms with Crippen molar-refractivity contribution in [2.24, 2.45) is 17.2 Å². The lowest BCUT2D eigenvalue weighted by Crippen LogP contribution is -2.40. The molecule has 96 valence electrons. The first-order chi connectivity index (χ1) is 8.40. The van der Waals surface area contributed by atoms with Crippen molar-refractivity contribution in [2.75, 3.05) is 18.0 Å². The number of rotatable bonds is 6. The molecule has 1 aromatic heterocycles. The van der Waals surface area contributed by atoms with E-state index < -0.39 is 11.8 Å². The Labute approximate surface area is 108 Å². The molecule has 1 rings (SSSR count). The largest absolute Gasteiger partial charge is 0.388 e. The molecule has 0 aromatic carbocycles. The minimum Gasteiger partial charge on any atom is -0.388 e. The van der Waals surface area contributed by atoms with Gasteiger partial charge in [0, 0.05) is 0 Å². The summed E-state index contributed by atoms with van der Waals surface area (Å²) < 4.78 is 0. The molecule has 0 unspecified atom stereocenters. The Morgan fingerprint density at radius 1 is 1.11 bits per heavy atom. The number of carbonyl (C=O) groups excluding carboxylic acids is 2. The van der Waals surface area contributed by atoms with Crippen LogP contribution in [0.15, 0.2) is 12.4 Å². The molecule has 0 saturated heterocycles. The quantitative estimate of drug-likeness (QED) is 0.501. The summed E-state index contributed by atoms with van der Waals surface area (Å²) in [6, 6.07) is 0. The standard InChI is InChI=1S/C9H12N6O2S/c10-6(16)3-15(4-7(11)17)8-2-13-5(1-14-8)9(12)18/h1-2H,3-4H2,(H2,10,16)(H2,11,17)(H2,12,18). The van der Waals surface area contributed by atoms with E-state index in [0.29, 0.717) is 5.69 Å². The number of anilines is 1. The molecule has 0 radical (unpaired) electrons. The van der Waals surface area contributed by atoms with Crippen LogP contribution in [0.3, 0.4) is 0 Å². The van der Waals surface area contributed by atoms with Gasteiger partial charge in [0.15, 0.2) is 0 Å². The van der Waals surface area contributed by atoms with E-state index in [2.05, 4.69) is 9.97 Å². The van der Waals surface area contributed by atoms with Crippen molar-refractivity contribution in [2.45, 2.75) is 0 Å². The molecule has 6 N–H and O–H groups in total. The molecule has 0 aliphatic rings. The molecule has 0 atom stereocenters. The van der Waals surface area contributed by atoms with Crippen LogP contribution < -0.4 is 22.1 Å². The topological polar surface area (TPSA) is 141 Å². The van der Waals surface area contributed by atoms with Crippen LogP contribution in [0.1, 0.15) is 5.69 Å². The molecule has 0 aliphatic heterocycles. The minimum atomic E-state index is -0.614. The van der Waals surface area contributed by atoms with Gasteiger partial charge in [0.2, 0.25) is 11.8 Å². The fourth-order valence-corrected chi connectivity index (χ4v) is 1.31. The second kappa shape index (κ2) is 5.87. The Hall–Kier alpha value is -2.29. The number of nitrogens with zero attached hydrogens (tertiary/aromatic N) is 3. The van der Waals surface area contributed by atoms with Gasteiger partial charge in [-0.25, -0.2) is 9.97 Å². The second-order valence-electron chi connectivity index (χ2n) is 3.41. The van der Waals surface area contributed by atoms with Gasteiger partial charge in [-0.3, -0.25) is 9.59 Å². The van der Waals surface area contributed by atoms with Gasteiger partial charge in [0.25, 0.3) is 0 Å². The van der Waals surface area contributed by atoms with E-state index in [1.165, 1.54) is 17.3 Å². The van der Waals surface area contributed by atoms with Crippen molar-refractivity contribution in [1.29, 1.82) is 0 Å². The Morgan fingerprint density at radius 3 is 2.00 bits per heavy atom. The Morgan fingerprint density at radius 2 is 1.67 bits per heavy atom. The van der Waals surface area contributed by atoms with Crippen LogP contribution in [0.5, 0.6) is 0 Å². The molecule has 2 amide bonds. The summed E-state index contributed by atoms with van der Waals surface area (Å²) in [5, 5.41) is 0. The predicted octanol–water partition coefficient (Wildman–Crippen LogP) is -2.11. The van der Waals surface area contributed by atoms with Gasteiger partial charge in [-0.2, -0.15) is 0 Å². The Kier molecular flexibility index (Phi) is 4.49. The van der Waals surface area contributed by atoms with Gasteiger partial charge in [-0.15, -0.1) is 0 Å². The van der Waals surface area contributed by atoms with E-state index in [-0.39, 0.29) is 23.9 Å². The third kappa shape index (κ3) is 3.94. The lowest BCUT2D eigenvalue weighted by atomic mass is 10.4. The second-order valence-corrected chi connectivity index (χ2v) is 3.85. The van der Waals surface area contributed by atoms with E-state index in [9.17, 15) is 9.59 Å². The van der Waals surface area contributed by atoms with Crippen molar-refractivity contribution in [3.8, 4) is 0 Å². The first-order valence-electron chi connectivity index (χ1n) is 4.83. The van der Waals surface area contributed by atoms with Crippen LogP contribution in [0.25, 0.3) is 0 Å². The highest BCUT2D eigenvalue weighted by molar-refractivity contribution is 7.80. The third-order valence-electron chi connectivity index (χ3n) is 1.91. The van der Waals surface area contributed by atoms with Crippen LogP contribution in [0, 0.1) is 0 Å². The van der Waals surface area contributed by atoms with Gasteiger partial charge in [0.05, 0.1) is 25.5 Å². The normalized spacial score (nSPS) is 9.78. The number of hydrogen-bond acceptors (Lipinski definition) is 6. The smallest absolute Gasteiger partial charge is 0.237 e. The van der Waals surface area contributed by atoms with Crippen LogP contribution in [-0.2, 0) is 9.59 Å². The maximum Gasteiger partial charge on any atom is 0.237 e. The van der Waals surface area contributed by atoms with Gasteiger partial charge in [0.1, 0.15) is 16.5 Å². The number of carbonyl (C=O) groups is 2. The number of thiocarbonyl (C=S) groups is 1. The van der Waals surface area contributed by atoms with Crippen molar-refractivity contribution >= 4 is 34.8 Å². The van der Waals surface area contributed by atoms with E-state index in [1.807, 2.05) is 0 Å². The molecule has 1 aromatic rings. The van der Waals surface area contributed by atoms with Crippen molar-refractivity contribution < 1.29 is 9.59 Å². The lowest BCUT2D eigenvalue weighted by Gasteiger charge is -2.19. The lowest BCUT2D eigenvalue weighted by molar-refractivity contribution is -0.117. The summed E-state index contributed by atoms with van der Waals surface area (Å²) in [6.07, 6.45) is 2.67. The zero-order valence-corrected chi connectivity index (χ0v) is 10.2. The van der Waals surface area contributed by atoms with Gasteiger partial charge in [-0.1, -0.05) is 12.2 Å². The zero-order valence-electron chi connectivity index (χ0n) is 9.37. The highest BCUT2D eigenvalue weighted by atomic mass is 32.1. The molecule has 0 saturated carbocycles. The zero-order chi connectivity index (χ0) is 13.7. The Balaban J connectivity index is 2.93. The number of nitrogens with two attached hydrogens (primary N) is 3. The first-order valence-corrected chi connectivity index (χ1v) is 5.24. The molecule has 8 nitrogen and oxygen atoms in total. The molecule has 0 aliphatic carbocycles. The van der Waals surface area contributed by atoms with Crippen LogP contribution in [0.2, 0.25) is 0 Å². The maximum atomic E-state index is 10.9. The highest BCUT2D eigenvalue weighted by Gasteiger charge is 2.14. The molecule has 0 bridgehead atoms. The van der Waals surface area contributed by atoms with Gasteiger partial charge < -0.3 is 22.1 Å². The van der Waals surface area contributed by atoms with Crippen molar-refractivity contribution in [3.05, 3.63) is 18.1 Å². The summed E-state index contributed by atoms with van der Waals surface area (Å²) in [7, 11) is 0. The van der Waals surface area contributed by atoms with Crippen LogP contribution in [-0.4, -0.2) is 39.9 Å². The van der Waals surface area contributed by atoms with E-state index in [0.717, 1.165) is 0 Å². The maximum absolute atomic E-state index is 10.9. The molecule has 0 fully saturated rings. The third-order valence-corrected chi connectivity index (χ3v) is 2.12. The van der Waals surface area contributed by atoms with E-state index >= 15 is 0 Å². The van der Waals surface area contributed by atoms with E-state index in [4.69, 9.17) is 29.4 Å². The average molecular weight is 268 g/mol. The first kappa shape index (κ1) is 13.8. The molecule has 18 heavy (non-hydrogen) atoms. The number of hydrogen-bond donors (Lipinski definition) is 3. The van der Waals surface area contributed by atoms with Crippen molar-refractivity contribution in [1.82, 2.24) is 9.97 Å². The SMILES string of the molecule is NC(=O)CN(CC(N)=O)c1cnc(C(N)=S)cn1. The monoisotopic (exact) mass is 268 g/mol. The minimum absolute atomic E-state index is 0.102. The van der Waals surface area contributed by atoms with Crippen molar-refractivity contribution in [3.63, 3.8) is 0 Å². The summed E-state index contributed by atoms with van der Waals surface area (Å²) >= 11 is 4.72. The van der Waals surface area contributed by atoms with Crippen LogP contribution >= 0.6 is 12.2 Å². The van der Waals surface area contributed by atoms with E-state index in [1.54, 1.807) is 0 Å². The number of amides is 2. The number of primary amides is 2. The molecule has 9 heteroatoms. The predicted molar refractivity (Wildman–Crippen MR) is 68.5 cm³/mol. The average Bonchev–Trinajstić information content (AvgIpc) is 2.27. The summed E-state index contributed by atoms with van der Waals surface area (Å²) in [6.45, 7) is -0.381. The summed E-state index contributed by atoms with van der Waals surface area (Å²) in [5.74, 6) is -0.944. The highest BCUT2D eigenvalue weighted by Crippen LogP contribution is 2.08. The Bertz CT molecular complexity index is 458. The molecule has 1 heterocycles. The number of aromatic nitrogens is 2. The summed E-state index contributed by atoms with van der Waals surface area (Å²) in [5.41, 5.74) is 15.8. The molecular formula is C9H12N6O2S. The van der Waals surface area contributed by atoms with Crippen LogP contribution in [0.4, 0.5) is 5.82 Å². The van der Waals surface area contributed by atoms with Gasteiger partial charge in [-0.05, 0) is 0 Å². The fraction of sp³-hybridized carbons (Fsp3) is 0.222. The van der Waals surface area contributed by atoms with Gasteiger partial charge >= 0.3 is 0 Å². The molecular weight excluding hydrogens is 256 g/mol. The summed E-state index contributed by atoms with van der Waals surface area (Å²) in [4.78, 5) is 31.1. The fourth-order valence-electron chi connectivity index (χ4n) is 1.21.